The predicted molar refractivity (Wildman–Crippen MR) is 151 cm³/mol. The van der Waals surface area contributed by atoms with E-state index in [1.54, 1.807) is 18.2 Å². The zero-order chi connectivity index (χ0) is 29.3. The van der Waals surface area contributed by atoms with Crippen LogP contribution in [0.15, 0.2) is 78.9 Å². The molecule has 3 N–H and O–H groups in total. The van der Waals surface area contributed by atoms with E-state index in [0.717, 1.165) is 0 Å². The maximum Gasteiger partial charge on any atom is 0.450 e. The second-order valence-electron chi connectivity index (χ2n) is 8.53. The van der Waals surface area contributed by atoms with Crippen molar-refractivity contribution in [2.24, 2.45) is 0 Å². The molecule has 14 heteroatoms. The summed E-state index contributed by atoms with van der Waals surface area (Å²) in [5.41, 5.74) is 0.325. The van der Waals surface area contributed by atoms with Crippen LogP contribution in [0.25, 0.3) is 0 Å². The summed E-state index contributed by atoms with van der Waals surface area (Å²) in [5.74, 6) is -1.08. The van der Waals surface area contributed by atoms with Crippen LogP contribution in [0.1, 0.15) is 18.9 Å². The Morgan fingerprint density at radius 2 is 1.27 bits per heavy atom. The summed E-state index contributed by atoms with van der Waals surface area (Å²) in [7, 11) is -6.14. The average Bonchev–Trinajstić information content (AvgIpc) is 2.93. The number of carbonyl (C=O) groups is 2. The molecule has 1 amide bonds. The largest absolute Gasteiger partial charge is 0.497 e. The van der Waals surface area contributed by atoms with Crippen molar-refractivity contribution in [3.8, 4) is 23.0 Å². The Labute approximate surface area is 238 Å². The van der Waals surface area contributed by atoms with Crippen LogP contribution in [-0.2, 0) is 24.9 Å². The fraction of sp³-hybridized carbons (Fsp3) is 0.259. The van der Waals surface area contributed by atoms with Gasteiger partial charge in [0.05, 0.1) is 20.0 Å². The summed E-state index contributed by atoms with van der Waals surface area (Å²) in [6.07, 6.45) is -1.14. The van der Waals surface area contributed by atoms with Gasteiger partial charge in [0, 0.05) is 0 Å². The van der Waals surface area contributed by atoms with Gasteiger partial charge in [0.1, 0.15) is 35.3 Å². The summed E-state index contributed by atoms with van der Waals surface area (Å²) >= 11 is 0. The smallest absolute Gasteiger partial charge is 0.450 e. The zero-order valence-corrected chi connectivity index (χ0v) is 24.3. The third-order valence-electron chi connectivity index (χ3n) is 5.68. The molecule has 0 aliphatic carbocycles. The number of carboxylic acids is 1. The number of rotatable bonds is 13. The molecule has 0 spiro atoms. The summed E-state index contributed by atoms with van der Waals surface area (Å²) in [6.45, 7) is 1.46. The third kappa shape index (κ3) is 8.97. The minimum atomic E-state index is -4.58. The topological polar surface area (TPSA) is 177 Å². The van der Waals surface area contributed by atoms with Crippen molar-refractivity contribution < 1.29 is 51.7 Å². The summed E-state index contributed by atoms with van der Waals surface area (Å²) in [5, 5.41) is 8.34. The molecule has 1 unspecified atom stereocenters. The number of aliphatic carboxylic acids is 1. The first kappa shape index (κ1) is 33.1. The van der Waals surface area contributed by atoms with Crippen LogP contribution < -0.4 is 18.5 Å². The quantitative estimate of drug-likeness (QED) is 0.273. The maximum atomic E-state index is 14.2. The third-order valence-corrected chi connectivity index (χ3v) is 8.79. The van der Waals surface area contributed by atoms with Gasteiger partial charge in [0.15, 0.2) is 0 Å². The Morgan fingerprint density at radius 3 is 1.66 bits per heavy atom. The SMILES string of the molecule is CCC(C(=O)O)N(CP(=O)(Oc1ccc(OC)cc1)Oc1ccc(OC)cc1)C(=O)S(=O)(=O)Cc1ccccc1.O. The summed E-state index contributed by atoms with van der Waals surface area (Å²) < 4.78 is 62.2. The van der Waals surface area contributed by atoms with E-state index in [9.17, 15) is 27.7 Å². The number of sulfone groups is 1. The van der Waals surface area contributed by atoms with Crippen LogP contribution in [-0.4, -0.2) is 61.7 Å². The first-order chi connectivity index (χ1) is 19.0. The molecule has 1 atom stereocenters. The molecule has 222 valence electrons. The van der Waals surface area contributed by atoms with Gasteiger partial charge >= 0.3 is 18.8 Å². The minimum Gasteiger partial charge on any atom is -0.497 e. The molecule has 0 bridgehead atoms. The molecule has 12 nitrogen and oxygen atoms in total. The van der Waals surface area contributed by atoms with Crippen LogP contribution in [0, 0.1) is 0 Å². The average molecular weight is 610 g/mol. The number of nitrogens with zero attached hydrogens (tertiary/aromatic N) is 1. The van der Waals surface area contributed by atoms with Crippen molar-refractivity contribution in [3.63, 3.8) is 0 Å². The molecule has 3 aromatic carbocycles. The molecule has 0 fully saturated rings. The number of hydrogen-bond donors (Lipinski definition) is 1. The predicted octanol–water partition coefficient (Wildman–Crippen LogP) is 4.39. The van der Waals surface area contributed by atoms with Gasteiger partial charge in [-0.15, -0.1) is 0 Å². The lowest BCUT2D eigenvalue weighted by Crippen LogP contribution is -2.48. The van der Waals surface area contributed by atoms with Crippen molar-refractivity contribution in [3.05, 3.63) is 84.4 Å². The lowest BCUT2D eigenvalue weighted by atomic mass is 10.2. The summed E-state index contributed by atoms with van der Waals surface area (Å²) in [4.78, 5) is 26.1. The van der Waals surface area contributed by atoms with Gasteiger partial charge in [0.25, 0.3) is 0 Å². The second kappa shape index (κ2) is 14.5. The number of carbonyl (C=O) groups excluding carboxylic acids is 1. The minimum absolute atomic E-state index is 0. The standard InChI is InChI=1S/C27H30NO10PS.H2O/c1-4-25(26(29)30)28(27(31)40(33,34)18-20-8-6-5-7-9-20)19-39(32,37-23-14-10-21(35-2)11-15-23)38-24-16-12-22(36-3)13-17-24;/h5-17,25H,4,18-19H2,1-3H3,(H,29,30);1H2. The number of carboxylic acid groups (broad SMARTS) is 1. The van der Waals surface area contributed by atoms with Gasteiger partial charge in [-0.05, 0) is 60.5 Å². The molecular weight excluding hydrogens is 577 g/mol. The molecule has 0 heterocycles. The Morgan fingerprint density at radius 1 is 0.829 bits per heavy atom. The van der Waals surface area contributed by atoms with Gasteiger partial charge < -0.3 is 34.0 Å². The number of benzene rings is 3. The molecule has 3 rings (SSSR count). The molecule has 0 aliphatic heterocycles. The van der Waals surface area contributed by atoms with E-state index < -0.39 is 46.7 Å². The molecule has 0 radical (unpaired) electrons. The monoisotopic (exact) mass is 609 g/mol. The first-order valence-corrected chi connectivity index (χ1v) is 15.4. The maximum absolute atomic E-state index is 14.2. The summed E-state index contributed by atoms with van der Waals surface area (Å²) in [6, 6.07) is 18.2. The van der Waals surface area contributed by atoms with Gasteiger partial charge in [-0.25, -0.2) is 17.8 Å². The van der Waals surface area contributed by atoms with Crippen molar-refractivity contribution in [2.45, 2.75) is 25.1 Å². The highest BCUT2D eigenvalue weighted by molar-refractivity contribution is 8.05. The lowest BCUT2D eigenvalue weighted by Gasteiger charge is -2.31. The van der Waals surface area contributed by atoms with E-state index in [2.05, 4.69) is 0 Å². The van der Waals surface area contributed by atoms with E-state index in [1.165, 1.54) is 81.8 Å². The Kier molecular flexibility index (Phi) is 11.8. The Bertz CT molecular complexity index is 1390. The Hall–Kier alpha value is -4.06. The molecule has 3 aromatic rings. The fourth-order valence-electron chi connectivity index (χ4n) is 3.70. The van der Waals surface area contributed by atoms with Gasteiger partial charge in [0.2, 0.25) is 9.84 Å². The van der Waals surface area contributed by atoms with Gasteiger partial charge in [-0.3, -0.25) is 4.79 Å². The Balaban J connectivity index is 0.00000588. The van der Waals surface area contributed by atoms with Crippen LogP contribution in [0.2, 0.25) is 0 Å². The number of amides is 1. The molecule has 0 aromatic heterocycles. The van der Waals surface area contributed by atoms with E-state index in [-0.39, 0.29) is 23.4 Å². The van der Waals surface area contributed by atoms with E-state index in [1.807, 2.05) is 0 Å². The van der Waals surface area contributed by atoms with Crippen LogP contribution in [0.4, 0.5) is 4.79 Å². The zero-order valence-electron chi connectivity index (χ0n) is 22.6. The van der Waals surface area contributed by atoms with Gasteiger partial charge in [-0.2, -0.15) is 0 Å². The van der Waals surface area contributed by atoms with Crippen molar-refractivity contribution in [2.75, 3.05) is 20.5 Å². The van der Waals surface area contributed by atoms with Crippen molar-refractivity contribution in [1.29, 1.82) is 0 Å². The van der Waals surface area contributed by atoms with Crippen LogP contribution in [0.5, 0.6) is 23.0 Å². The highest BCUT2D eigenvalue weighted by atomic mass is 32.2. The molecule has 0 saturated heterocycles. The van der Waals surface area contributed by atoms with E-state index >= 15 is 0 Å². The number of hydrogen-bond acceptors (Lipinski definition) is 9. The van der Waals surface area contributed by atoms with Crippen LogP contribution in [0.3, 0.4) is 0 Å². The lowest BCUT2D eigenvalue weighted by molar-refractivity contribution is -0.141. The van der Waals surface area contributed by atoms with E-state index in [0.29, 0.717) is 22.0 Å². The van der Waals surface area contributed by atoms with Crippen LogP contribution >= 0.6 is 7.60 Å². The van der Waals surface area contributed by atoms with Crippen molar-refractivity contribution in [1.82, 2.24) is 4.90 Å². The fourth-order valence-corrected chi connectivity index (χ4v) is 6.84. The molecule has 0 saturated carbocycles. The molecular formula is C27H32NO11PS. The highest BCUT2D eigenvalue weighted by Gasteiger charge is 2.43. The molecule has 41 heavy (non-hydrogen) atoms. The number of ether oxygens (including phenoxy) is 2. The van der Waals surface area contributed by atoms with Gasteiger partial charge in [-0.1, -0.05) is 37.3 Å². The van der Waals surface area contributed by atoms with Crippen molar-refractivity contribution >= 4 is 28.6 Å². The highest BCUT2D eigenvalue weighted by Crippen LogP contribution is 2.50. The van der Waals surface area contributed by atoms with E-state index in [4.69, 9.17) is 18.5 Å². The normalized spacial score (nSPS) is 11.9. The first-order valence-electron chi connectivity index (χ1n) is 12.1. The second-order valence-corrected chi connectivity index (χ2v) is 12.3. The molecule has 0 aliphatic rings. The number of methoxy groups -OCH3 is 2.